The van der Waals surface area contributed by atoms with Crippen LogP contribution in [0.3, 0.4) is 0 Å². The van der Waals surface area contributed by atoms with E-state index in [1.807, 2.05) is 0 Å². The number of hydrogen-bond acceptors (Lipinski definition) is 3. The zero-order chi connectivity index (χ0) is 15.6. The summed E-state index contributed by atoms with van der Waals surface area (Å²) in [6.07, 6.45) is 2.61. The second kappa shape index (κ2) is 6.82. The summed E-state index contributed by atoms with van der Waals surface area (Å²) >= 11 is 0. The van der Waals surface area contributed by atoms with Crippen LogP contribution in [0.5, 0.6) is 0 Å². The first kappa shape index (κ1) is 16.3. The molecule has 0 amide bonds. The molecule has 1 aliphatic rings. The average Bonchev–Trinajstić information content (AvgIpc) is 2.75. The lowest BCUT2D eigenvalue weighted by Crippen LogP contribution is -2.39. The number of piperidine rings is 1. The lowest BCUT2D eigenvalue weighted by molar-refractivity contribution is 0.183. The molecule has 0 aliphatic carbocycles. The van der Waals surface area contributed by atoms with Crippen LogP contribution < -0.4 is 5.32 Å². The van der Waals surface area contributed by atoms with Gasteiger partial charge in [0.15, 0.2) is 0 Å². The van der Waals surface area contributed by atoms with E-state index in [-0.39, 0.29) is 0 Å². The standard InChI is InChI=1S/C17H32N4/c1-7-20-10-8-16(9-11-20)13(4)18-17-14(5)19-21(12(2)3)15(17)6/h12-13,16,18H,7-11H2,1-6H3. The van der Waals surface area contributed by atoms with E-state index in [9.17, 15) is 0 Å². The van der Waals surface area contributed by atoms with Gasteiger partial charge < -0.3 is 10.2 Å². The van der Waals surface area contributed by atoms with E-state index in [1.165, 1.54) is 43.9 Å². The Morgan fingerprint density at radius 3 is 2.29 bits per heavy atom. The molecule has 1 aliphatic heterocycles. The molecular weight excluding hydrogens is 260 g/mol. The highest BCUT2D eigenvalue weighted by molar-refractivity contribution is 5.52. The van der Waals surface area contributed by atoms with E-state index in [0.29, 0.717) is 12.1 Å². The maximum Gasteiger partial charge on any atom is 0.0828 e. The molecule has 0 radical (unpaired) electrons. The Balaban J connectivity index is 2.02. The third-order valence-corrected chi connectivity index (χ3v) is 4.97. The van der Waals surface area contributed by atoms with Crippen LogP contribution in [0.2, 0.25) is 0 Å². The number of aromatic nitrogens is 2. The highest BCUT2D eigenvalue weighted by Gasteiger charge is 2.24. The van der Waals surface area contributed by atoms with Crippen molar-refractivity contribution < 1.29 is 0 Å². The monoisotopic (exact) mass is 292 g/mol. The molecule has 1 N–H and O–H groups in total. The number of anilines is 1. The predicted octanol–water partition coefficient (Wildman–Crippen LogP) is 3.61. The molecule has 4 nitrogen and oxygen atoms in total. The van der Waals surface area contributed by atoms with Crippen molar-refractivity contribution in [3.05, 3.63) is 11.4 Å². The zero-order valence-corrected chi connectivity index (χ0v) is 14.6. The van der Waals surface area contributed by atoms with Crippen molar-refractivity contribution >= 4 is 5.69 Å². The molecule has 1 saturated heterocycles. The van der Waals surface area contributed by atoms with Crippen molar-refractivity contribution in [3.63, 3.8) is 0 Å². The summed E-state index contributed by atoms with van der Waals surface area (Å²) in [7, 11) is 0. The summed E-state index contributed by atoms with van der Waals surface area (Å²) in [5, 5.41) is 8.43. The molecule has 21 heavy (non-hydrogen) atoms. The Hall–Kier alpha value is -1.03. The minimum Gasteiger partial charge on any atom is -0.379 e. The Labute approximate surface area is 129 Å². The Kier molecular flexibility index (Phi) is 5.31. The van der Waals surface area contributed by atoms with Crippen LogP contribution in [0, 0.1) is 19.8 Å². The number of aryl methyl sites for hydroxylation is 1. The molecule has 1 unspecified atom stereocenters. The molecule has 120 valence electrons. The second-order valence-corrected chi connectivity index (χ2v) is 6.79. The Bertz CT molecular complexity index is 456. The fourth-order valence-electron chi connectivity index (χ4n) is 3.49. The van der Waals surface area contributed by atoms with E-state index < -0.39 is 0 Å². The molecule has 1 aromatic rings. The summed E-state index contributed by atoms with van der Waals surface area (Å²) in [5.74, 6) is 0.772. The van der Waals surface area contributed by atoms with Crippen molar-refractivity contribution in [3.8, 4) is 0 Å². The zero-order valence-electron chi connectivity index (χ0n) is 14.6. The van der Waals surface area contributed by atoms with Gasteiger partial charge in [-0.1, -0.05) is 6.92 Å². The van der Waals surface area contributed by atoms with Crippen LogP contribution in [0.1, 0.15) is 58.0 Å². The van der Waals surface area contributed by atoms with E-state index in [2.05, 4.69) is 61.5 Å². The van der Waals surface area contributed by atoms with Gasteiger partial charge in [0, 0.05) is 12.1 Å². The van der Waals surface area contributed by atoms with Gasteiger partial charge in [-0.15, -0.1) is 0 Å². The summed E-state index contributed by atoms with van der Waals surface area (Å²) in [5.41, 5.74) is 3.63. The quantitative estimate of drug-likeness (QED) is 0.900. The summed E-state index contributed by atoms with van der Waals surface area (Å²) in [6, 6.07) is 0.938. The number of hydrogen-bond donors (Lipinski definition) is 1. The Morgan fingerprint density at radius 1 is 1.19 bits per heavy atom. The van der Waals surface area contributed by atoms with Crippen molar-refractivity contribution in [2.24, 2.45) is 5.92 Å². The number of likely N-dealkylation sites (tertiary alicyclic amines) is 1. The molecule has 1 atom stereocenters. The van der Waals surface area contributed by atoms with Crippen LogP contribution in [0.15, 0.2) is 0 Å². The molecule has 2 heterocycles. The first-order valence-corrected chi connectivity index (χ1v) is 8.48. The summed E-state index contributed by atoms with van der Waals surface area (Å²) in [6.45, 7) is 16.9. The second-order valence-electron chi connectivity index (χ2n) is 6.79. The van der Waals surface area contributed by atoms with Crippen LogP contribution in [0.25, 0.3) is 0 Å². The number of nitrogens with one attached hydrogen (secondary N) is 1. The Morgan fingerprint density at radius 2 is 1.81 bits per heavy atom. The van der Waals surface area contributed by atoms with Crippen LogP contribution in [-0.4, -0.2) is 40.4 Å². The number of rotatable bonds is 5. The van der Waals surface area contributed by atoms with Gasteiger partial charge in [0.05, 0.1) is 17.1 Å². The van der Waals surface area contributed by atoms with E-state index in [4.69, 9.17) is 0 Å². The normalized spacial score (nSPS) is 19.2. The van der Waals surface area contributed by atoms with Crippen LogP contribution in [-0.2, 0) is 0 Å². The third-order valence-electron chi connectivity index (χ3n) is 4.97. The SMILES string of the molecule is CCN1CCC(C(C)Nc2c(C)nn(C(C)C)c2C)CC1. The minimum absolute atomic E-state index is 0.419. The van der Waals surface area contributed by atoms with Crippen molar-refractivity contribution in [2.45, 2.75) is 66.5 Å². The number of nitrogens with zero attached hydrogens (tertiary/aromatic N) is 3. The van der Waals surface area contributed by atoms with Crippen LogP contribution in [0.4, 0.5) is 5.69 Å². The smallest absolute Gasteiger partial charge is 0.0828 e. The van der Waals surface area contributed by atoms with E-state index in [1.54, 1.807) is 0 Å². The maximum absolute atomic E-state index is 4.68. The first-order chi connectivity index (χ1) is 9.93. The summed E-state index contributed by atoms with van der Waals surface area (Å²) in [4.78, 5) is 2.55. The van der Waals surface area contributed by atoms with Gasteiger partial charge in [-0.05, 0) is 73.0 Å². The average molecular weight is 292 g/mol. The van der Waals surface area contributed by atoms with Crippen LogP contribution >= 0.6 is 0 Å². The first-order valence-electron chi connectivity index (χ1n) is 8.48. The minimum atomic E-state index is 0.419. The molecule has 0 saturated carbocycles. The molecule has 4 heteroatoms. The molecular formula is C17H32N4. The van der Waals surface area contributed by atoms with Crippen molar-refractivity contribution in [2.75, 3.05) is 25.0 Å². The lowest BCUT2D eigenvalue weighted by atomic mass is 9.90. The van der Waals surface area contributed by atoms with Gasteiger partial charge in [-0.2, -0.15) is 5.10 Å². The fraction of sp³-hybridized carbons (Fsp3) is 0.824. The predicted molar refractivity (Wildman–Crippen MR) is 90.0 cm³/mol. The van der Waals surface area contributed by atoms with Gasteiger partial charge in [0.2, 0.25) is 0 Å². The van der Waals surface area contributed by atoms with E-state index >= 15 is 0 Å². The highest BCUT2D eigenvalue weighted by atomic mass is 15.3. The molecule has 0 spiro atoms. The maximum atomic E-state index is 4.68. The molecule has 2 rings (SSSR count). The van der Waals surface area contributed by atoms with Crippen molar-refractivity contribution in [1.29, 1.82) is 0 Å². The lowest BCUT2D eigenvalue weighted by Gasteiger charge is -2.35. The van der Waals surface area contributed by atoms with Gasteiger partial charge in [0.1, 0.15) is 0 Å². The third kappa shape index (κ3) is 3.60. The highest BCUT2D eigenvalue weighted by Crippen LogP contribution is 2.27. The fourth-order valence-corrected chi connectivity index (χ4v) is 3.49. The van der Waals surface area contributed by atoms with Gasteiger partial charge in [-0.3, -0.25) is 4.68 Å². The molecule has 0 bridgehead atoms. The van der Waals surface area contributed by atoms with Gasteiger partial charge >= 0.3 is 0 Å². The molecule has 1 aromatic heterocycles. The largest absolute Gasteiger partial charge is 0.379 e. The van der Waals surface area contributed by atoms with Gasteiger partial charge in [0.25, 0.3) is 0 Å². The van der Waals surface area contributed by atoms with E-state index in [0.717, 1.165) is 11.6 Å². The van der Waals surface area contributed by atoms with Crippen molar-refractivity contribution in [1.82, 2.24) is 14.7 Å². The summed E-state index contributed by atoms with van der Waals surface area (Å²) < 4.78 is 2.13. The van der Waals surface area contributed by atoms with Gasteiger partial charge in [-0.25, -0.2) is 0 Å². The molecule has 0 aromatic carbocycles. The topological polar surface area (TPSA) is 33.1 Å². The molecule has 1 fully saturated rings.